The number of nitrogens with zero attached hydrogens (tertiary/aromatic N) is 5. The van der Waals surface area contributed by atoms with Crippen molar-refractivity contribution in [2.45, 2.75) is 63.4 Å². The molecular formula is C28H50N8O18P3S+. The minimum Gasteiger partial charge on any atom is -0.387 e. The van der Waals surface area contributed by atoms with Crippen molar-refractivity contribution in [2.24, 2.45) is 5.41 Å². The Hall–Kier alpha value is -2.52. The lowest BCUT2D eigenvalue weighted by atomic mass is 9.87. The molecule has 1 saturated heterocycles. The van der Waals surface area contributed by atoms with E-state index in [0.29, 0.717) is 11.0 Å². The fourth-order valence-electron chi connectivity index (χ4n) is 5.24. The molecule has 2 unspecified atom stereocenters. The summed E-state index contributed by atoms with van der Waals surface area (Å²) < 4.78 is 62.6. The third-order valence-corrected chi connectivity index (χ3v) is 11.9. The van der Waals surface area contributed by atoms with E-state index >= 15 is 0 Å². The van der Waals surface area contributed by atoms with Gasteiger partial charge in [-0.3, -0.25) is 32.5 Å². The van der Waals surface area contributed by atoms with Gasteiger partial charge in [-0.05, 0) is 0 Å². The number of nitrogens with two attached hydrogens (primary N) is 1. The van der Waals surface area contributed by atoms with Crippen LogP contribution in [-0.4, -0.2) is 166 Å². The van der Waals surface area contributed by atoms with Gasteiger partial charge in [0.25, 0.3) is 0 Å². The van der Waals surface area contributed by atoms with E-state index in [0.717, 1.165) is 29.0 Å². The highest BCUT2D eigenvalue weighted by Crippen LogP contribution is 2.61. The van der Waals surface area contributed by atoms with Crippen LogP contribution in [0, 0.1) is 5.41 Å². The molecule has 0 aromatic carbocycles. The molecule has 30 heteroatoms. The van der Waals surface area contributed by atoms with Gasteiger partial charge in [-0.1, -0.05) is 25.6 Å². The second kappa shape index (κ2) is 20.4. The van der Waals surface area contributed by atoms with Gasteiger partial charge >= 0.3 is 23.5 Å². The summed E-state index contributed by atoms with van der Waals surface area (Å²) >= 11 is 0.958. The van der Waals surface area contributed by atoms with Gasteiger partial charge < -0.3 is 60.5 Å². The van der Waals surface area contributed by atoms with Gasteiger partial charge in [0.05, 0.1) is 40.7 Å². The quantitative estimate of drug-likeness (QED) is 0.0331. The van der Waals surface area contributed by atoms with E-state index in [4.69, 9.17) is 19.5 Å². The molecule has 0 bridgehead atoms. The number of phosphoric acid groups is 3. The fourth-order valence-corrected chi connectivity index (χ4v) is 8.81. The number of aromatic nitrogens is 4. The fraction of sp³-hybridized carbons (Fsp3) is 0.714. The number of anilines is 1. The van der Waals surface area contributed by atoms with E-state index in [9.17, 15) is 63.0 Å². The van der Waals surface area contributed by atoms with Gasteiger partial charge in [-0.25, -0.2) is 28.6 Å². The zero-order valence-electron chi connectivity index (χ0n) is 32.0. The first kappa shape index (κ1) is 49.8. The molecule has 330 valence electrons. The Labute approximate surface area is 335 Å². The van der Waals surface area contributed by atoms with Crippen LogP contribution in [0.2, 0.25) is 0 Å². The Bertz CT molecular complexity index is 1900. The third kappa shape index (κ3) is 15.8. The van der Waals surface area contributed by atoms with E-state index in [1.165, 1.54) is 13.8 Å². The zero-order valence-corrected chi connectivity index (χ0v) is 35.5. The number of carbonyl (C=O) groups is 3. The molecule has 11 N–H and O–H groups in total. The topological polar surface area (TPSA) is 384 Å². The molecule has 1 fully saturated rings. The number of hydrogen-bond donors (Lipinski definition) is 10. The summed E-state index contributed by atoms with van der Waals surface area (Å²) in [5, 5.41) is 36.1. The minimum absolute atomic E-state index is 0.0256. The van der Waals surface area contributed by atoms with Gasteiger partial charge in [-0.2, -0.15) is 4.31 Å². The summed E-state index contributed by atoms with van der Waals surface area (Å²) in [5.74, 6) is -1.26. The molecule has 1 aliphatic rings. The molecule has 3 rings (SSSR count). The number of ether oxygens (including phenoxy) is 1. The van der Waals surface area contributed by atoms with E-state index in [1.807, 2.05) is 21.1 Å². The van der Waals surface area contributed by atoms with Crippen molar-refractivity contribution >= 4 is 69.1 Å². The first-order valence-electron chi connectivity index (χ1n) is 17.1. The van der Waals surface area contributed by atoms with E-state index in [2.05, 4.69) is 34.4 Å². The van der Waals surface area contributed by atoms with Crippen LogP contribution in [0.3, 0.4) is 0 Å². The van der Waals surface area contributed by atoms with Crippen LogP contribution >= 0.6 is 35.2 Å². The van der Waals surface area contributed by atoms with Crippen molar-refractivity contribution in [1.82, 2.24) is 30.2 Å². The number of thioether (sulfide) groups is 1. The number of fused-ring (bicyclic) bond motifs is 1. The van der Waals surface area contributed by atoms with Gasteiger partial charge in [0, 0.05) is 37.1 Å². The number of imidazole rings is 1. The monoisotopic (exact) mass is 911 g/mol. The number of phosphoric ester groups is 3. The molecule has 8 atom stereocenters. The lowest BCUT2D eigenvalue weighted by Gasteiger charge is -2.30. The van der Waals surface area contributed by atoms with E-state index in [-0.39, 0.29) is 53.8 Å². The predicted octanol–water partition coefficient (Wildman–Crippen LogP) is -1.88. The summed E-state index contributed by atoms with van der Waals surface area (Å²) in [6.45, 7) is 0.747. The van der Waals surface area contributed by atoms with Crippen molar-refractivity contribution in [3.05, 3.63) is 12.7 Å². The molecule has 3 heterocycles. The predicted molar refractivity (Wildman–Crippen MR) is 201 cm³/mol. The number of quaternary nitrogens is 1. The normalized spacial score (nSPS) is 22.2. The molecule has 26 nitrogen and oxygen atoms in total. The average Bonchev–Trinajstić information content (AvgIpc) is 3.63. The van der Waals surface area contributed by atoms with Crippen molar-refractivity contribution in [2.75, 3.05) is 65.5 Å². The first-order chi connectivity index (χ1) is 26.6. The highest BCUT2D eigenvalue weighted by molar-refractivity contribution is 8.13. The molecule has 0 spiro atoms. The molecule has 1 aliphatic heterocycles. The van der Waals surface area contributed by atoms with Gasteiger partial charge in [0.2, 0.25) is 11.8 Å². The highest BCUT2D eigenvalue weighted by atomic mass is 32.2. The summed E-state index contributed by atoms with van der Waals surface area (Å²) in [5.41, 5.74) is 4.23. The van der Waals surface area contributed by atoms with Crippen LogP contribution in [0.25, 0.3) is 11.2 Å². The zero-order chi connectivity index (χ0) is 43.9. The summed E-state index contributed by atoms with van der Waals surface area (Å²) in [6.07, 6.45) is -7.83. The highest BCUT2D eigenvalue weighted by Gasteiger charge is 2.50. The maximum atomic E-state index is 12.7. The number of aliphatic hydroxyl groups is 3. The summed E-state index contributed by atoms with van der Waals surface area (Å²) in [6, 6.07) is 0. The lowest BCUT2D eigenvalue weighted by Crippen LogP contribution is -2.46. The Morgan fingerprint density at radius 2 is 1.69 bits per heavy atom. The first-order valence-corrected chi connectivity index (χ1v) is 22.6. The molecule has 0 radical (unpaired) electrons. The van der Waals surface area contributed by atoms with Crippen LogP contribution in [-0.2, 0) is 50.7 Å². The van der Waals surface area contributed by atoms with E-state index < -0.39 is 90.7 Å². The number of carbonyl (C=O) groups excluding carboxylic acids is 3. The van der Waals surface area contributed by atoms with E-state index in [1.54, 1.807) is 0 Å². The Kier molecular flexibility index (Phi) is 17.5. The smallest absolute Gasteiger partial charge is 0.387 e. The Morgan fingerprint density at radius 1 is 1.03 bits per heavy atom. The van der Waals surface area contributed by atoms with Crippen LogP contribution in [0.1, 0.15) is 32.9 Å². The summed E-state index contributed by atoms with van der Waals surface area (Å²) in [4.78, 5) is 87.7. The van der Waals surface area contributed by atoms with Gasteiger partial charge in [0.1, 0.15) is 48.9 Å². The van der Waals surface area contributed by atoms with Crippen LogP contribution in [0.5, 0.6) is 0 Å². The van der Waals surface area contributed by atoms with Crippen LogP contribution in [0.15, 0.2) is 12.7 Å². The molecule has 58 heavy (non-hydrogen) atoms. The van der Waals surface area contributed by atoms with Crippen molar-refractivity contribution in [1.29, 1.82) is 0 Å². The number of aliphatic hydroxyl groups excluding tert-OH is 3. The largest absolute Gasteiger partial charge is 0.481 e. The standard InChI is InChI=1S/C28H49N8O18P3S/c1-28(2,23(41)26(42)31-7-6-18(38)30-8-9-58-19(39)10-16(37)11-36(3,4)5)13-51-57(48,49)54-56(46,47)50-12-17-22(53-55(43,44)45)21(40)27(52-17)35-15-34-20-24(29)32-14-33-25(20)35/h14-17,21-23,27,37,40-41H,6-13H2,1-5H3,(H7-,29,30,31,32,33,38,42,43,44,45,46,47,48,49)/p+1/t16-,17-,21+,22+,23+,27+/m1/s1. The van der Waals surface area contributed by atoms with Crippen LogP contribution in [0.4, 0.5) is 5.82 Å². The van der Waals surface area contributed by atoms with Gasteiger partial charge in [0.15, 0.2) is 22.8 Å². The summed E-state index contributed by atoms with van der Waals surface area (Å²) in [7, 11) is -10.8. The number of amides is 2. The number of nitrogen functional groups attached to an aromatic ring is 1. The minimum atomic E-state index is -5.58. The second-order valence-electron chi connectivity index (χ2n) is 14.6. The second-order valence-corrected chi connectivity index (χ2v) is 20.0. The van der Waals surface area contributed by atoms with Crippen LogP contribution < -0.4 is 16.4 Å². The van der Waals surface area contributed by atoms with Gasteiger partial charge in [-0.15, -0.1) is 0 Å². The maximum Gasteiger partial charge on any atom is 0.481 e. The molecule has 0 saturated carbocycles. The molecule has 2 amide bonds. The number of rotatable bonds is 23. The van der Waals surface area contributed by atoms with Crippen molar-refractivity contribution < 1.29 is 90.1 Å². The third-order valence-electron chi connectivity index (χ3n) is 7.93. The number of likely N-dealkylation sites (N-methyl/N-ethyl adjacent to an activating group) is 1. The lowest BCUT2D eigenvalue weighted by molar-refractivity contribution is -0.873. The molecule has 2 aromatic rings. The Balaban J connectivity index is 1.46. The molecule has 2 aromatic heterocycles. The number of nitrogens with one attached hydrogen (secondary N) is 2. The number of hydrogen-bond acceptors (Lipinski definition) is 19. The molecule has 0 aliphatic carbocycles. The molecular weight excluding hydrogens is 861 g/mol. The maximum absolute atomic E-state index is 12.7. The average molecular weight is 912 g/mol. The van der Waals surface area contributed by atoms with Crippen molar-refractivity contribution in [3.63, 3.8) is 0 Å². The van der Waals surface area contributed by atoms with Crippen molar-refractivity contribution in [3.8, 4) is 0 Å². The Morgan fingerprint density at radius 3 is 2.33 bits per heavy atom. The SMILES string of the molecule is CC(C)(COP(=O)(O)OP(=O)(O)OC[C@H]1O[C@H](n2cnc3c(N)ncnc32)[C@@H](O)[C@H]1OP(=O)(O)O)[C@@H](O)C(=O)NCCC(=O)NCCSC(=O)C[C@@H](O)C[N+](C)(C)C.